The van der Waals surface area contributed by atoms with Gasteiger partial charge in [-0.25, -0.2) is 4.79 Å². The normalized spacial score (nSPS) is 13.0. The third-order valence-electron chi connectivity index (χ3n) is 4.17. The van der Waals surface area contributed by atoms with Crippen LogP contribution >= 0.6 is 27.3 Å². The Bertz CT molecular complexity index is 912. The minimum atomic E-state index is -0.598. The van der Waals surface area contributed by atoms with E-state index in [0.29, 0.717) is 46.7 Å². The van der Waals surface area contributed by atoms with Crippen molar-refractivity contribution < 1.29 is 19.1 Å². The number of benzene rings is 1. The molecule has 142 valence electrons. The van der Waals surface area contributed by atoms with Crippen LogP contribution < -0.4 is 11.1 Å². The monoisotopic (exact) mass is 451 g/mol. The first-order valence-corrected chi connectivity index (χ1v) is 9.95. The van der Waals surface area contributed by atoms with Crippen LogP contribution in [0.2, 0.25) is 0 Å². The number of anilines is 1. The molecule has 1 aliphatic heterocycles. The van der Waals surface area contributed by atoms with Gasteiger partial charge in [0.1, 0.15) is 5.00 Å². The van der Waals surface area contributed by atoms with Crippen molar-refractivity contribution in [2.75, 3.05) is 18.5 Å². The Balaban J connectivity index is 1.89. The van der Waals surface area contributed by atoms with Crippen LogP contribution in [0.3, 0.4) is 0 Å². The van der Waals surface area contributed by atoms with Gasteiger partial charge in [0, 0.05) is 15.9 Å². The lowest BCUT2D eigenvalue weighted by atomic mass is 10.0. The second-order valence-corrected chi connectivity index (χ2v) is 7.84. The number of nitrogens with zero attached hydrogens (tertiary/aromatic N) is 1. The number of nitrogens with one attached hydrogen (secondary N) is 1. The van der Waals surface area contributed by atoms with Crippen molar-refractivity contribution in [2.24, 2.45) is 5.73 Å². The zero-order valence-electron chi connectivity index (χ0n) is 14.6. The van der Waals surface area contributed by atoms with Crippen LogP contribution in [0, 0.1) is 0 Å². The smallest absolute Gasteiger partial charge is 0.410 e. The Morgan fingerprint density at radius 1 is 1.33 bits per heavy atom. The van der Waals surface area contributed by atoms with Gasteiger partial charge in [0.25, 0.3) is 11.8 Å². The van der Waals surface area contributed by atoms with E-state index in [1.165, 1.54) is 11.3 Å². The molecular weight excluding hydrogens is 434 g/mol. The average molecular weight is 452 g/mol. The molecule has 0 unspecified atom stereocenters. The molecule has 1 aromatic carbocycles. The maximum atomic E-state index is 12.6. The standard InChI is InChI=1S/C18H18BrN3O4S/c1-2-26-18(25)22-8-7-11-13(9-22)27-17(14(11)15(20)23)21-16(24)10-5-3-4-6-12(10)19/h3-6H,2,7-9H2,1H3,(H2,20,23)(H,21,24). The van der Waals surface area contributed by atoms with Crippen molar-refractivity contribution in [1.29, 1.82) is 0 Å². The number of carbonyl (C=O) groups is 3. The largest absolute Gasteiger partial charge is 0.450 e. The molecule has 1 aliphatic rings. The van der Waals surface area contributed by atoms with E-state index < -0.39 is 12.0 Å². The van der Waals surface area contributed by atoms with E-state index in [1.807, 2.05) is 6.07 Å². The number of hydrogen-bond donors (Lipinski definition) is 2. The van der Waals surface area contributed by atoms with Crippen LogP contribution in [0.4, 0.5) is 9.80 Å². The van der Waals surface area contributed by atoms with Crippen LogP contribution in [0.15, 0.2) is 28.7 Å². The molecule has 9 heteroatoms. The zero-order valence-corrected chi connectivity index (χ0v) is 17.0. The molecule has 0 saturated heterocycles. The van der Waals surface area contributed by atoms with Gasteiger partial charge in [-0.1, -0.05) is 12.1 Å². The molecule has 1 aromatic heterocycles. The van der Waals surface area contributed by atoms with Gasteiger partial charge in [-0.05, 0) is 47.0 Å². The van der Waals surface area contributed by atoms with E-state index in [4.69, 9.17) is 10.5 Å². The van der Waals surface area contributed by atoms with Crippen LogP contribution in [0.1, 0.15) is 38.1 Å². The van der Waals surface area contributed by atoms with Gasteiger partial charge in [0.05, 0.1) is 24.3 Å². The van der Waals surface area contributed by atoms with E-state index in [1.54, 1.807) is 30.0 Å². The third-order valence-corrected chi connectivity index (χ3v) is 6.00. The maximum Gasteiger partial charge on any atom is 0.410 e. The third kappa shape index (κ3) is 3.98. The van der Waals surface area contributed by atoms with Gasteiger partial charge < -0.3 is 20.7 Å². The van der Waals surface area contributed by atoms with E-state index >= 15 is 0 Å². The number of ether oxygens (including phenoxy) is 1. The minimum absolute atomic E-state index is 0.298. The molecule has 0 fully saturated rings. The highest BCUT2D eigenvalue weighted by Crippen LogP contribution is 2.37. The van der Waals surface area contributed by atoms with Gasteiger partial charge in [-0.15, -0.1) is 11.3 Å². The number of primary amides is 1. The van der Waals surface area contributed by atoms with Crippen LogP contribution in [-0.2, 0) is 17.7 Å². The first-order chi connectivity index (χ1) is 12.9. The summed E-state index contributed by atoms with van der Waals surface area (Å²) in [5, 5.41) is 3.19. The summed E-state index contributed by atoms with van der Waals surface area (Å²) in [6, 6.07) is 7.01. The first kappa shape index (κ1) is 19.4. The summed E-state index contributed by atoms with van der Waals surface area (Å²) >= 11 is 4.61. The fourth-order valence-corrected chi connectivity index (χ4v) is 4.67. The molecule has 3 rings (SSSR count). The highest BCUT2D eigenvalue weighted by atomic mass is 79.9. The lowest BCUT2D eigenvalue weighted by Crippen LogP contribution is -2.36. The minimum Gasteiger partial charge on any atom is -0.450 e. The number of hydrogen-bond acceptors (Lipinski definition) is 5. The van der Waals surface area contributed by atoms with Gasteiger partial charge >= 0.3 is 6.09 Å². The number of thiophene rings is 1. The zero-order chi connectivity index (χ0) is 19.6. The van der Waals surface area contributed by atoms with Crippen molar-refractivity contribution in [1.82, 2.24) is 4.90 Å². The molecule has 0 saturated carbocycles. The summed E-state index contributed by atoms with van der Waals surface area (Å²) in [6.07, 6.45) is 0.0874. The molecular formula is C18H18BrN3O4S. The molecule has 7 nitrogen and oxygen atoms in total. The van der Waals surface area contributed by atoms with Gasteiger partial charge in [-0.3, -0.25) is 9.59 Å². The highest BCUT2D eigenvalue weighted by Gasteiger charge is 2.30. The molecule has 3 amide bonds. The van der Waals surface area contributed by atoms with Gasteiger partial charge in [0.15, 0.2) is 0 Å². The Hall–Kier alpha value is -2.39. The molecule has 3 N–H and O–H groups in total. The topological polar surface area (TPSA) is 102 Å². The predicted octanol–water partition coefficient (Wildman–Crippen LogP) is 3.38. The quantitative estimate of drug-likeness (QED) is 0.743. The summed E-state index contributed by atoms with van der Waals surface area (Å²) in [7, 11) is 0. The molecule has 0 bridgehead atoms. The summed E-state index contributed by atoms with van der Waals surface area (Å²) in [6.45, 7) is 2.80. The molecule has 0 spiro atoms. The fraction of sp³-hybridized carbons (Fsp3) is 0.278. The summed E-state index contributed by atoms with van der Waals surface area (Å²) in [5.41, 5.74) is 7.13. The van der Waals surface area contributed by atoms with Crippen molar-refractivity contribution >= 4 is 50.2 Å². The molecule has 0 radical (unpaired) electrons. The van der Waals surface area contributed by atoms with E-state index in [0.717, 1.165) is 10.4 Å². The molecule has 0 aliphatic carbocycles. The fourth-order valence-electron chi connectivity index (χ4n) is 2.94. The summed E-state index contributed by atoms with van der Waals surface area (Å²) < 4.78 is 5.69. The lowest BCUT2D eigenvalue weighted by molar-refractivity contribution is 0.0997. The molecule has 2 heterocycles. The highest BCUT2D eigenvalue weighted by molar-refractivity contribution is 9.10. The van der Waals surface area contributed by atoms with Gasteiger partial charge in [0.2, 0.25) is 0 Å². The number of halogens is 1. The second-order valence-electron chi connectivity index (χ2n) is 5.88. The van der Waals surface area contributed by atoms with Crippen molar-refractivity contribution in [3.05, 3.63) is 50.3 Å². The average Bonchev–Trinajstić information content (AvgIpc) is 2.99. The first-order valence-electron chi connectivity index (χ1n) is 8.34. The van der Waals surface area contributed by atoms with Crippen LogP contribution in [0.5, 0.6) is 0 Å². The van der Waals surface area contributed by atoms with Crippen LogP contribution in [-0.4, -0.2) is 36.0 Å². The number of amides is 3. The maximum absolute atomic E-state index is 12.6. The van der Waals surface area contributed by atoms with Crippen LogP contribution in [0.25, 0.3) is 0 Å². The second kappa shape index (κ2) is 8.10. The number of nitrogens with two attached hydrogens (primary N) is 1. The predicted molar refractivity (Wildman–Crippen MR) is 106 cm³/mol. The van der Waals surface area contributed by atoms with Crippen molar-refractivity contribution in [2.45, 2.75) is 19.9 Å². The number of rotatable bonds is 4. The summed E-state index contributed by atoms with van der Waals surface area (Å²) in [4.78, 5) is 39.0. The van der Waals surface area contributed by atoms with E-state index in [-0.39, 0.29) is 5.91 Å². The number of fused-ring (bicyclic) bond motifs is 1. The Morgan fingerprint density at radius 3 is 2.74 bits per heavy atom. The van der Waals surface area contributed by atoms with E-state index in [9.17, 15) is 14.4 Å². The van der Waals surface area contributed by atoms with Crippen molar-refractivity contribution in [3.8, 4) is 0 Å². The SMILES string of the molecule is CCOC(=O)N1CCc2c(sc(NC(=O)c3ccccc3Br)c2C(N)=O)C1. The number of carbonyl (C=O) groups excluding carboxylic acids is 3. The molecule has 27 heavy (non-hydrogen) atoms. The molecule has 2 aromatic rings. The lowest BCUT2D eigenvalue weighted by Gasteiger charge is -2.26. The Labute approximate surface area is 168 Å². The Kier molecular flexibility index (Phi) is 5.81. The summed E-state index contributed by atoms with van der Waals surface area (Å²) in [5.74, 6) is -0.940. The Morgan fingerprint density at radius 2 is 2.07 bits per heavy atom. The molecule has 0 atom stereocenters. The van der Waals surface area contributed by atoms with E-state index in [2.05, 4.69) is 21.2 Å². The van der Waals surface area contributed by atoms with Crippen molar-refractivity contribution in [3.63, 3.8) is 0 Å². The van der Waals surface area contributed by atoms with Gasteiger partial charge in [-0.2, -0.15) is 0 Å².